The summed E-state index contributed by atoms with van der Waals surface area (Å²) in [5, 5.41) is 0. The van der Waals surface area contributed by atoms with Crippen LogP contribution in [0.2, 0.25) is 0 Å². The average molecular weight is 272 g/mol. The molecule has 1 aromatic carbocycles. The first-order chi connectivity index (χ1) is 9.74. The minimum Gasteiger partial charge on any atom is -0.497 e. The molecule has 1 aromatic heterocycles. The van der Waals surface area contributed by atoms with Gasteiger partial charge in [0.15, 0.2) is 0 Å². The van der Waals surface area contributed by atoms with E-state index >= 15 is 0 Å². The van der Waals surface area contributed by atoms with Gasteiger partial charge in [-0.05, 0) is 42.7 Å². The van der Waals surface area contributed by atoms with Crippen LogP contribution in [-0.4, -0.2) is 19.2 Å². The second-order valence-electron chi connectivity index (χ2n) is 4.58. The first kappa shape index (κ1) is 14.3. The molecule has 0 fully saturated rings. The number of hydrogen-bond acceptors (Lipinski definition) is 4. The maximum Gasteiger partial charge on any atom is 0.141 e. The Hall–Kier alpha value is -2.07. The van der Waals surface area contributed by atoms with Crippen LogP contribution in [0.3, 0.4) is 0 Å². The fraction of sp³-hybridized carbons (Fsp3) is 0.312. The number of methoxy groups -OCH3 is 2. The minimum atomic E-state index is -0.131. The Kier molecular flexibility index (Phi) is 4.96. The summed E-state index contributed by atoms with van der Waals surface area (Å²) in [6.07, 6.45) is 3.45. The maximum absolute atomic E-state index is 6.21. The van der Waals surface area contributed by atoms with E-state index in [2.05, 4.69) is 17.1 Å². The van der Waals surface area contributed by atoms with Gasteiger partial charge in [0.05, 0.1) is 26.0 Å². The van der Waals surface area contributed by atoms with Gasteiger partial charge in [-0.1, -0.05) is 12.1 Å². The van der Waals surface area contributed by atoms with Crippen molar-refractivity contribution in [1.29, 1.82) is 0 Å². The Balaban J connectivity index is 1.98. The van der Waals surface area contributed by atoms with E-state index in [4.69, 9.17) is 15.2 Å². The van der Waals surface area contributed by atoms with E-state index in [0.717, 1.165) is 30.0 Å². The van der Waals surface area contributed by atoms with Crippen molar-refractivity contribution in [2.24, 2.45) is 5.73 Å². The van der Waals surface area contributed by atoms with Crippen LogP contribution >= 0.6 is 0 Å². The molecule has 0 radical (unpaired) electrons. The summed E-state index contributed by atoms with van der Waals surface area (Å²) < 4.78 is 10.4. The van der Waals surface area contributed by atoms with Gasteiger partial charge < -0.3 is 15.2 Å². The monoisotopic (exact) mass is 272 g/mol. The molecular formula is C16H20N2O2. The first-order valence-electron chi connectivity index (χ1n) is 6.62. The van der Waals surface area contributed by atoms with E-state index in [1.807, 2.05) is 24.3 Å². The van der Waals surface area contributed by atoms with Crippen LogP contribution in [0, 0.1) is 0 Å². The van der Waals surface area contributed by atoms with Gasteiger partial charge in [0, 0.05) is 6.20 Å². The summed E-state index contributed by atoms with van der Waals surface area (Å²) in [7, 11) is 3.30. The van der Waals surface area contributed by atoms with Crippen LogP contribution in [0.25, 0.3) is 0 Å². The van der Waals surface area contributed by atoms with Crippen LogP contribution in [0.4, 0.5) is 0 Å². The minimum absolute atomic E-state index is 0.131. The largest absolute Gasteiger partial charge is 0.497 e. The number of hydrogen-bond donors (Lipinski definition) is 1. The van der Waals surface area contributed by atoms with Crippen molar-refractivity contribution >= 4 is 0 Å². The number of aromatic nitrogens is 1. The van der Waals surface area contributed by atoms with E-state index < -0.39 is 0 Å². The molecule has 0 aliphatic rings. The van der Waals surface area contributed by atoms with Gasteiger partial charge in [-0.3, -0.25) is 4.98 Å². The molecule has 0 aliphatic carbocycles. The predicted molar refractivity (Wildman–Crippen MR) is 79.0 cm³/mol. The molecule has 4 nitrogen and oxygen atoms in total. The third kappa shape index (κ3) is 3.48. The maximum atomic E-state index is 6.21. The Labute approximate surface area is 119 Å². The second-order valence-corrected chi connectivity index (χ2v) is 4.58. The van der Waals surface area contributed by atoms with Crippen molar-refractivity contribution in [3.05, 3.63) is 53.9 Å². The molecular weight excluding hydrogens is 252 g/mol. The van der Waals surface area contributed by atoms with Crippen molar-refractivity contribution in [1.82, 2.24) is 4.98 Å². The molecule has 1 atom stereocenters. The van der Waals surface area contributed by atoms with Gasteiger partial charge in [0.1, 0.15) is 11.5 Å². The Morgan fingerprint density at radius 2 is 1.85 bits per heavy atom. The highest BCUT2D eigenvalue weighted by Gasteiger charge is 2.13. The van der Waals surface area contributed by atoms with Crippen LogP contribution < -0.4 is 15.2 Å². The van der Waals surface area contributed by atoms with Crippen molar-refractivity contribution in [2.75, 3.05) is 14.2 Å². The summed E-state index contributed by atoms with van der Waals surface area (Å²) in [5.41, 5.74) is 8.25. The fourth-order valence-electron chi connectivity index (χ4n) is 2.10. The number of aryl methyl sites for hydroxylation is 1. The van der Waals surface area contributed by atoms with Gasteiger partial charge in [0.2, 0.25) is 0 Å². The average Bonchev–Trinajstić information content (AvgIpc) is 2.53. The molecule has 1 unspecified atom stereocenters. The molecule has 2 aromatic rings. The lowest BCUT2D eigenvalue weighted by Crippen LogP contribution is -2.14. The lowest BCUT2D eigenvalue weighted by atomic mass is 10.0. The first-order valence-corrected chi connectivity index (χ1v) is 6.62. The molecule has 1 heterocycles. The quantitative estimate of drug-likeness (QED) is 0.878. The fourth-order valence-corrected chi connectivity index (χ4v) is 2.10. The molecule has 20 heavy (non-hydrogen) atoms. The Morgan fingerprint density at radius 3 is 2.50 bits per heavy atom. The van der Waals surface area contributed by atoms with Crippen molar-refractivity contribution < 1.29 is 9.47 Å². The van der Waals surface area contributed by atoms with Gasteiger partial charge in [-0.25, -0.2) is 0 Å². The summed E-state index contributed by atoms with van der Waals surface area (Å²) >= 11 is 0. The predicted octanol–water partition coefficient (Wildman–Crippen LogP) is 2.73. The van der Waals surface area contributed by atoms with Gasteiger partial charge in [-0.2, -0.15) is 0 Å². The van der Waals surface area contributed by atoms with Crippen LogP contribution in [0.15, 0.2) is 42.6 Å². The highest BCUT2D eigenvalue weighted by atomic mass is 16.5. The molecule has 0 amide bonds. The van der Waals surface area contributed by atoms with E-state index in [1.54, 1.807) is 20.4 Å². The second kappa shape index (κ2) is 6.91. The molecule has 0 saturated carbocycles. The molecule has 0 spiro atoms. The highest BCUT2D eigenvalue weighted by Crippen LogP contribution is 2.24. The molecule has 2 rings (SSSR count). The van der Waals surface area contributed by atoms with Crippen molar-refractivity contribution in [3.8, 4) is 11.5 Å². The molecule has 0 aliphatic heterocycles. The third-order valence-electron chi connectivity index (χ3n) is 3.27. The van der Waals surface area contributed by atoms with Gasteiger partial charge in [0.25, 0.3) is 0 Å². The molecule has 0 saturated heterocycles. The zero-order valence-electron chi connectivity index (χ0n) is 11.9. The number of pyridine rings is 1. The number of nitrogens with zero attached hydrogens (tertiary/aromatic N) is 1. The van der Waals surface area contributed by atoms with E-state index in [9.17, 15) is 0 Å². The number of ether oxygens (including phenoxy) is 2. The lowest BCUT2D eigenvalue weighted by Gasteiger charge is -2.14. The smallest absolute Gasteiger partial charge is 0.141 e. The molecule has 2 N–H and O–H groups in total. The third-order valence-corrected chi connectivity index (χ3v) is 3.27. The van der Waals surface area contributed by atoms with Crippen LogP contribution in [0.1, 0.15) is 23.7 Å². The van der Waals surface area contributed by atoms with Crippen molar-refractivity contribution in [2.45, 2.75) is 18.9 Å². The topological polar surface area (TPSA) is 57.4 Å². The molecule has 106 valence electrons. The summed E-state index contributed by atoms with van der Waals surface area (Å²) in [6.45, 7) is 0. The SMILES string of the molecule is COc1ccc(CCC(N)c2ncccc2OC)cc1. The molecule has 0 bridgehead atoms. The Bertz CT molecular complexity index is 540. The van der Waals surface area contributed by atoms with E-state index in [0.29, 0.717) is 0 Å². The lowest BCUT2D eigenvalue weighted by molar-refractivity contribution is 0.400. The zero-order chi connectivity index (χ0) is 14.4. The number of benzene rings is 1. The standard InChI is InChI=1S/C16H20N2O2/c1-19-13-8-5-12(6-9-13)7-10-14(17)16-15(20-2)4-3-11-18-16/h3-6,8-9,11,14H,7,10,17H2,1-2H3. The summed E-state index contributed by atoms with van der Waals surface area (Å²) in [4.78, 5) is 4.32. The van der Waals surface area contributed by atoms with E-state index in [-0.39, 0.29) is 6.04 Å². The van der Waals surface area contributed by atoms with Crippen LogP contribution in [0.5, 0.6) is 11.5 Å². The number of rotatable bonds is 6. The van der Waals surface area contributed by atoms with Gasteiger partial charge in [-0.15, -0.1) is 0 Å². The summed E-state index contributed by atoms with van der Waals surface area (Å²) in [6, 6.07) is 11.6. The summed E-state index contributed by atoms with van der Waals surface area (Å²) in [5.74, 6) is 1.61. The Morgan fingerprint density at radius 1 is 1.10 bits per heavy atom. The van der Waals surface area contributed by atoms with Crippen molar-refractivity contribution in [3.63, 3.8) is 0 Å². The van der Waals surface area contributed by atoms with Crippen LogP contribution in [-0.2, 0) is 6.42 Å². The highest BCUT2D eigenvalue weighted by molar-refractivity contribution is 5.30. The number of nitrogens with two attached hydrogens (primary N) is 1. The normalized spacial score (nSPS) is 11.9. The zero-order valence-corrected chi connectivity index (χ0v) is 11.9. The van der Waals surface area contributed by atoms with E-state index in [1.165, 1.54) is 5.56 Å². The molecule has 4 heteroatoms. The van der Waals surface area contributed by atoms with Gasteiger partial charge >= 0.3 is 0 Å².